The number of hydrogen-bond acceptors (Lipinski definition) is 5. The highest BCUT2D eigenvalue weighted by molar-refractivity contribution is 6.30. The molecule has 0 unspecified atom stereocenters. The fraction of sp³-hybridized carbons (Fsp3) is 0.368. The van der Waals surface area contributed by atoms with E-state index < -0.39 is 0 Å². The monoisotopic (exact) mass is 374 g/mol. The van der Waals surface area contributed by atoms with Crippen molar-refractivity contribution in [3.05, 3.63) is 52.8 Å². The summed E-state index contributed by atoms with van der Waals surface area (Å²) >= 11 is 5.99. The Labute approximate surface area is 158 Å². The summed E-state index contributed by atoms with van der Waals surface area (Å²) in [5.41, 5.74) is 3.18. The molecule has 6 nitrogen and oxygen atoms in total. The molecule has 0 spiro atoms. The Morgan fingerprint density at radius 3 is 2.85 bits per heavy atom. The maximum atomic E-state index is 12.3. The molecule has 0 aliphatic carbocycles. The summed E-state index contributed by atoms with van der Waals surface area (Å²) < 4.78 is 5.32. The van der Waals surface area contributed by atoms with Crippen LogP contribution in [-0.2, 0) is 4.74 Å². The van der Waals surface area contributed by atoms with E-state index in [1.807, 2.05) is 31.2 Å². The number of aryl methyl sites for hydroxylation is 1. The molecule has 1 aromatic carbocycles. The number of anilines is 2. The fourth-order valence-electron chi connectivity index (χ4n) is 2.80. The molecular weight excluding hydrogens is 352 g/mol. The molecule has 0 bridgehead atoms. The van der Waals surface area contributed by atoms with Crippen molar-refractivity contribution in [3.63, 3.8) is 0 Å². The molecule has 1 saturated heterocycles. The van der Waals surface area contributed by atoms with E-state index in [0.29, 0.717) is 17.3 Å². The molecule has 0 radical (unpaired) electrons. The molecule has 0 saturated carbocycles. The van der Waals surface area contributed by atoms with E-state index in [9.17, 15) is 4.79 Å². The SMILES string of the molecule is Cc1cc(Cl)ccc1Nc1ccnc(C(=O)NCCN2CCOCC2)c1. The number of pyridine rings is 1. The number of hydrogen-bond donors (Lipinski definition) is 2. The average Bonchev–Trinajstić information content (AvgIpc) is 2.65. The van der Waals surface area contributed by atoms with Crippen molar-refractivity contribution in [3.8, 4) is 0 Å². The van der Waals surface area contributed by atoms with Crippen LogP contribution < -0.4 is 10.6 Å². The van der Waals surface area contributed by atoms with E-state index in [4.69, 9.17) is 16.3 Å². The molecule has 1 aliphatic rings. The zero-order valence-electron chi connectivity index (χ0n) is 14.8. The van der Waals surface area contributed by atoms with Crippen molar-refractivity contribution < 1.29 is 9.53 Å². The van der Waals surface area contributed by atoms with E-state index in [1.54, 1.807) is 12.3 Å². The lowest BCUT2D eigenvalue weighted by Crippen LogP contribution is -2.41. The molecular formula is C19H23ClN4O2. The number of rotatable bonds is 6. The Morgan fingerprint density at radius 1 is 1.27 bits per heavy atom. The first kappa shape index (κ1) is 18.6. The number of carbonyl (C=O) groups is 1. The lowest BCUT2D eigenvalue weighted by Gasteiger charge is -2.26. The molecule has 138 valence electrons. The summed E-state index contributed by atoms with van der Waals surface area (Å²) in [6, 6.07) is 9.22. The predicted molar refractivity (Wildman–Crippen MR) is 103 cm³/mol. The standard InChI is InChI=1S/C19H23ClN4O2/c1-14-12-15(20)2-3-17(14)23-16-4-5-21-18(13-16)19(25)22-6-7-24-8-10-26-11-9-24/h2-5,12-13H,6-11H2,1H3,(H,21,23)(H,22,25). The van der Waals surface area contributed by atoms with Gasteiger partial charge < -0.3 is 15.4 Å². The van der Waals surface area contributed by atoms with Gasteiger partial charge in [0.1, 0.15) is 5.69 Å². The Balaban J connectivity index is 1.56. The molecule has 2 heterocycles. The minimum Gasteiger partial charge on any atom is -0.379 e. The number of amides is 1. The number of halogens is 1. The first-order valence-electron chi connectivity index (χ1n) is 8.69. The van der Waals surface area contributed by atoms with E-state index in [2.05, 4.69) is 20.5 Å². The number of nitrogens with zero attached hydrogens (tertiary/aromatic N) is 2. The topological polar surface area (TPSA) is 66.5 Å². The third kappa shape index (κ3) is 5.17. The zero-order valence-corrected chi connectivity index (χ0v) is 15.6. The molecule has 1 fully saturated rings. The van der Waals surface area contributed by atoms with E-state index >= 15 is 0 Å². The normalized spacial score (nSPS) is 14.8. The number of nitrogens with one attached hydrogen (secondary N) is 2. The van der Waals surface area contributed by atoms with Crippen molar-refractivity contribution in [2.24, 2.45) is 0 Å². The highest BCUT2D eigenvalue weighted by Crippen LogP contribution is 2.23. The first-order chi connectivity index (χ1) is 12.6. The largest absolute Gasteiger partial charge is 0.379 e. The first-order valence-corrected chi connectivity index (χ1v) is 9.07. The second-order valence-corrected chi connectivity index (χ2v) is 6.66. The quantitative estimate of drug-likeness (QED) is 0.813. The van der Waals surface area contributed by atoms with Gasteiger partial charge in [-0.05, 0) is 42.8 Å². The summed E-state index contributed by atoms with van der Waals surface area (Å²) in [4.78, 5) is 18.8. The fourth-order valence-corrected chi connectivity index (χ4v) is 3.02. The van der Waals surface area contributed by atoms with E-state index in [0.717, 1.165) is 49.8 Å². The Bertz CT molecular complexity index is 763. The lowest BCUT2D eigenvalue weighted by molar-refractivity contribution is 0.0383. The van der Waals surface area contributed by atoms with Crippen molar-refractivity contribution in [1.29, 1.82) is 0 Å². The third-order valence-corrected chi connectivity index (χ3v) is 4.51. The van der Waals surface area contributed by atoms with Gasteiger partial charge in [-0.3, -0.25) is 14.7 Å². The zero-order chi connectivity index (χ0) is 18.4. The Hall–Kier alpha value is -2.15. The van der Waals surface area contributed by atoms with Crippen molar-refractivity contribution in [2.45, 2.75) is 6.92 Å². The van der Waals surface area contributed by atoms with Crippen LogP contribution in [0.4, 0.5) is 11.4 Å². The molecule has 0 atom stereocenters. The van der Waals surface area contributed by atoms with Crippen molar-refractivity contribution in [2.75, 3.05) is 44.7 Å². The van der Waals surface area contributed by atoms with Gasteiger partial charge in [-0.15, -0.1) is 0 Å². The highest BCUT2D eigenvalue weighted by Gasteiger charge is 2.12. The molecule has 26 heavy (non-hydrogen) atoms. The number of morpholine rings is 1. The van der Waals surface area contributed by atoms with Crippen LogP contribution in [0, 0.1) is 6.92 Å². The maximum absolute atomic E-state index is 12.3. The smallest absolute Gasteiger partial charge is 0.269 e. The van der Waals surface area contributed by atoms with Gasteiger partial charge in [-0.2, -0.15) is 0 Å². The number of aromatic nitrogens is 1. The van der Waals surface area contributed by atoms with Gasteiger partial charge >= 0.3 is 0 Å². The molecule has 1 amide bonds. The predicted octanol–water partition coefficient (Wildman–Crippen LogP) is 2.85. The third-order valence-electron chi connectivity index (χ3n) is 4.28. The van der Waals surface area contributed by atoms with Crippen LogP contribution in [0.3, 0.4) is 0 Å². The summed E-state index contributed by atoms with van der Waals surface area (Å²) in [5, 5.41) is 6.93. The lowest BCUT2D eigenvalue weighted by atomic mass is 10.2. The molecule has 3 rings (SSSR count). The van der Waals surface area contributed by atoms with Gasteiger partial charge in [0.05, 0.1) is 13.2 Å². The van der Waals surface area contributed by atoms with Gasteiger partial charge in [0.15, 0.2) is 0 Å². The van der Waals surface area contributed by atoms with Gasteiger partial charge in [-0.1, -0.05) is 11.6 Å². The average molecular weight is 375 g/mol. The number of carbonyl (C=O) groups excluding carboxylic acids is 1. The van der Waals surface area contributed by atoms with Crippen LogP contribution in [0.25, 0.3) is 0 Å². The van der Waals surface area contributed by atoms with E-state index in [-0.39, 0.29) is 5.91 Å². The van der Waals surface area contributed by atoms with E-state index in [1.165, 1.54) is 0 Å². The summed E-state index contributed by atoms with van der Waals surface area (Å²) in [5.74, 6) is -0.172. The van der Waals surface area contributed by atoms with Crippen LogP contribution >= 0.6 is 11.6 Å². The highest BCUT2D eigenvalue weighted by atomic mass is 35.5. The minimum atomic E-state index is -0.172. The van der Waals surface area contributed by atoms with Gasteiger partial charge in [0.2, 0.25) is 0 Å². The van der Waals surface area contributed by atoms with Crippen LogP contribution in [0.15, 0.2) is 36.5 Å². The van der Waals surface area contributed by atoms with Crippen molar-refractivity contribution in [1.82, 2.24) is 15.2 Å². The van der Waals surface area contributed by atoms with Gasteiger partial charge in [0, 0.05) is 48.8 Å². The number of benzene rings is 1. The summed E-state index contributed by atoms with van der Waals surface area (Å²) in [6.45, 7) is 6.72. The Kier molecular flexibility index (Phi) is 6.44. The van der Waals surface area contributed by atoms with Gasteiger partial charge in [-0.25, -0.2) is 0 Å². The molecule has 1 aliphatic heterocycles. The van der Waals surface area contributed by atoms with Crippen molar-refractivity contribution >= 4 is 28.9 Å². The molecule has 2 N–H and O–H groups in total. The minimum absolute atomic E-state index is 0.172. The summed E-state index contributed by atoms with van der Waals surface area (Å²) in [6.07, 6.45) is 1.63. The van der Waals surface area contributed by atoms with Crippen LogP contribution in [0.5, 0.6) is 0 Å². The maximum Gasteiger partial charge on any atom is 0.269 e. The summed E-state index contributed by atoms with van der Waals surface area (Å²) in [7, 11) is 0. The molecule has 1 aromatic heterocycles. The van der Waals surface area contributed by atoms with Gasteiger partial charge in [0.25, 0.3) is 5.91 Å². The molecule has 7 heteroatoms. The van der Waals surface area contributed by atoms with Crippen LogP contribution in [0.2, 0.25) is 5.02 Å². The Morgan fingerprint density at radius 2 is 2.08 bits per heavy atom. The second kappa shape index (κ2) is 8.98. The number of ether oxygens (including phenoxy) is 1. The van der Waals surface area contributed by atoms with Crippen LogP contribution in [-0.4, -0.2) is 55.2 Å². The molecule has 2 aromatic rings. The van der Waals surface area contributed by atoms with Crippen LogP contribution in [0.1, 0.15) is 16.1 Å². The second-order valence-electron chi connectivity index (χ2n) is 6.22.